The van der Waals surface area contributed by atoms with Gasteiger partial charge in [0.1, 0.15) is 0 Å². The minimum absolute atomic E-state index is 0.0790. The number of carboxylic acid groups (broad SMARTS) is 2. The summed E-state index contributed by atoms with van der Waals surface area (Å²) in [6.45, 7) is 3.68. The Bertz CT molecular complexity index is 192. The molecule has 0 aromatic carbocycles. The first-order valence-corrected chi connectivity index (χ1v) is 5.06. The average molecular weight is 218 g/mol. The first-order chi connectivity index (χ1) is 7.02. The summed E-state index contributed by atoms with van der Waals surface area (Å²) in [7, 11) is 0. The molecule has 0 rings (SSSR count). The zero-order valence-electron chi connectivity index (χ0n) is 9.10. The Morgan fingerprint density at radius 3 is 1.53 bits per heavy atom. The van der Waals surface area contributed by atoms with Crippen molar-refractivity contribution in [2.24, 2.45) is 11.8 Å². The van der Waals surface area contributed by atoms with E-state index >= 15 is 0 Å². The maximum atomic E-state index is 10.6. The maximum absolute atomic E-state index is 10.6. The van der Waals surface area contributed by atoms with Gasteiger partial charge in [-0.2, -0.15) is 0 Å². The first kappa shape index (κ1) is 13.9. The second-order valence-electron chi connectivity index (χ2n) is 3.42. The molecule has 0 bridgehead atoms. The van der Waals surface area contributed by atoms with E-state index in [1.807, 2.05) is 0 Å². The van der Waals surface area contributed by atoms with Gasteiger partial charge in [0.2, 0.25) is 0 Å². The Morgan fingerprint density at radius 1 is 1.00 bits per heavy atom. The molecule has 15 heavy (non-hydrogen) atoms. The van der Waals surface area contributed by atoms with Crippen LogP contribution in [0.3, 0.4) is 0 Å². The van der Waals surface area contributed by atoms with Gasteiger partial charge in [-0.25, -0.2) is 0 Å². The average Bonchev–Trinajstić information content (AvgIpc) is 2.17. The van der Waals surface area contributed by atoms with Crippen LogP contribution in [-0.2, 0) is 14.3 Å². The molecule has 0 heterocycles. The van der Waals surface area contributed by atoms with Crippen molar-refractivity contribution in [3.63, 3.8) is 0 Å². The van der Waals surface area contributed by atoms with E-state index in [9.17, 15) is 9.59 Å². The molecule has 0 aromatic rings. The van der Waals surface area contributed by atoms with Crippen LogP contribution in [0.15, 0.2) is 0 Å². The molecule has 0 radical (unpaired) electrons. The number of ether oxygens (including phenoxy) is 1. The van der Waals surface area contributed by atoms with Crippen LogP contribution < -0.4 is 0 Å². The zero-order valence-corrected chi connectivity index (χ0v) is 9.10. The van der Waals surface area contributed by atoms with Crippen molar-refractivity contribution in [1.82, 2.24) is 0 Å². The minimum atomic E-state index is -0.902. The molecule has 5 heteroatoms. The van der Waals surface area contributed by atoms with Crippen molar-refractivity contribution in [3.05, 3.63) is 0 Å². The Morgan fingerprint density at radius 2 is 1.33 bits per heavy atom. The lowest BCUT2D eigenvalue weighted by Crippen LogP contribution is -2.24. The summed E-state index contributed by atoms with van der Waals surface area (Å²) < 4.78 is 5.10. The van der Waals surface area contributed by atoms with Crippen molar-refractivity contribution in [2.45, 2.75) is 26.7 Å². The van der Waals surface area contributed by atoms with Crippen molar-refractivity contribution in [2.75, 3.05) is 13.2 Å². The van der Waals surface area contributed by atoms with E-state index in [0.29, 0.717) is 12.8 Å². The van der Waals surface area contributed by atoms with Crippen LogP contribution >= 0.6 is 0 Å². The number of aliphatic carboxylic acids is 2. The summed E-state index contributed by atoms with van der Waals surface area (Å²) in [6, 6.07) is 0. The molecule has 0 unspecified atom stereocenters. The van der Waals surface area contributed by atoms with Crippen LogP contribution in [0.5, 0.6) is 0 Å². The fourth-order valence-corrected chi connectivity index (χ4v) is 1.08. The lowest BCUT2D eigenvalue weighted by Gasteiger charge is -2.13. The molecule has 5 nitrogen and oxygen atoms in total. The van der Waals surface area contributed by atoms with Gasteiger partial charge in [0.15, 0.2) is 0 Å². The predicted octanol–water partition coefficient (Wildman–Crippen LogP) is 1.22. The lowest BCUT2D eigenvalue weighted by molar-refractivity contribution is -0.146. The SMILES string of the molecule is CC[C@H](COC[C@@H](CC)C(=O)O)C(=O)O. The summed E-state index contributed by atoms with van der Waals surface area (Å²) in [4.78, 5) is 21.2. The molecule has 0 amide bonds. The van der Waals surface area contributed by atoms with Crippen LogP contribution in [-0.4, -0.2) is 35.4 Å². The molecule has 0 aromatic heterocycles. The number of hydrogen-bond acceptors (Lipinski definition) is 3. The molecular formula is C10H18O5. The Kier molecular flexibility index (Phi) is 6.70. The van der Waals surface area contributed by atoms with Crippen LogP contribution in [0.4, 0.5) is 0 Å². The van der Waals surface area contributed by atoms with E-state index in [1.54, 1.807) is 13.8 Å². The molecule has 0 aliphatic carbocycles. The van der Waals surface area contributed by atoms with Gasteiger partial charge in [0.05, 0.1) is 25.0 Å². The fourth-order valence-electron chi connectivity index (χ4n) is 1.08. The zero-order chi connectivity index (χ0) is 11.8. The van der Waals surface area contributed by atoms with Crippen molar-refractivity contribution < 1.29 is 24.5 Å². The van der Waals surface area contributed by atoms with Crippen LogP contribution in [0, 0.1) is 11.8 Å². The first-order valence-electron chi connectivity index (χ1n) is 5.06. The summed E-state index contributed by atoms with van der Waals surface area (Å²) in [5.41, 5.74) is 0. The van der Waals surface area contributed by atoms with Crippen molar-refractivity contribution >= 4 is 11.9 Å². The van der Waals surface area contributed by atoms with E-state index in [0.717, 1.165) is 0 Å². The summed E-state index contributed by atoms with van der Waals surface area (Å²) in [5.74, 6) is -2.89. The quantitative estimate of drug-likeness (QED) is 0.640. The summed E-state index contributed by atoms with van der Waals surface area (Å²) in [6.07, 6.45) is 0.971. The van der Waals surface area contributed by atoms with E-state index in [-0.39, 0.29) is 13.2 Å². The molecule has 0 saturated carbocycles. The Labute approximate surface area is 89.0 Å². The molecular weight excluding hydrogens is 200 g/mol. The van der Waals surface area contributed by atoms with Crippen molar-refractivity contribution in [1.29, 1.82) is 0 Å². The molecule has 2 N–H and O–H groups in total. The lowest BCUT2D eigenvalue weighted by atomic mass is 10.1. The smallest absolute Gasteiger partial charge is 0.308 e. The highest BCUT2D eigenvalue weighted by atomic mass is 16.5. The summed E-state index contributed by atoms with van der Waals surface area (Å²) >= 11 is 0. The summed E-state index contributed by atoms with van der Waals surface area (Å²) in [5, 5.41) is 17.4. The van der Waals surface area contributed by atoms with E-state index in [1.165, 1.54) is 0 Å². The molecule has 0 aliphatic heterocycles. The fraction of sp³-hybridized carbons (Fsp3) is 0.800. The van der Waals surface area contributed by atoms with Crippen LogP contribution in [0.1, 0.15) is 26.7 Å². The van der Waals surface area contributed by atoms with Gasteiger partial charge >= 0.3 is 11.9 Å². The number of carbonyl (C=O) groups is 2. The Balaban J connectivity index is 3.85. The second-order valence-corrected chi connectivity index (χ2v) is 3.42. The van der Waals surface area contributed by atoms with E-state index < -0.39 is 23.8 Å². The molecule has 2 atom stereocenters. The van der Waals surface area contributed by atoms with Gasteiger partial charge in [-0.15, -0.1) is 0 Å². The minimum Gasteiger partial charge on any atom is -0.481 e. The standard InChI is InChI=1S/C10H18O5/c1-3-7(9(11)12)5-15-6-8(4-2)10(13)14/h7-8H,3-6H2,1-2H3,(H,11,12)(H,13,14)/t7-,8-/m1/s1. The van der Waals surface area contributed by atoms with Crippen LogP contribution in [0.2, 0.25) is 0 Å². The van der Waals surface area contributed by atoms with Crippen LogP contribution in [0.25, 0.3) is 0 Å². The molecule has 0 saturated heterocycles. The maximum Gasteiger partial charge on any atom is 0.308 e. The highest BCUT2D eigenvalue weighted by molar-refractivity contribution is 5.70. The molecule has 0 spiro atoms. The molecule has 88 valence electrons. The largest absolute Gasteiger partial charge is 0.481 e. The van der Waals surface area contributed by atoms with E-state index in [4.69, 9.17) is 14.9 Å². The third-order valence-electron chi connectivity index (χ3n) is 2.32. The topological polar surface area (TPSA) is 83.8 Å². The van der Waals surface area contributed by atoms with Gasteiger partial charge in [-0.1, -0.05) is 13.8 Å². The van der Waals surface area contributed by atoms with Gasteiger partial charge in [0, 0.05) is 0 Å². The Hall–Kier alpha value is -1.10. The molecule has 0 fully saturated rings. The van der Waals surface area contributed by atoms with Gasteiger partial charge < -0.3 is 14.9 Å². The normalized spacial score (nSPS) is 14.5. The van der Waals surface area contributed by atoms with Gasteiger partial charge in [-0.05, 0) is 12.8 Å². The van der Waals surface area contributed by atoms with E-state index in [2.05, 4.69) is 0 Å². The van der Waals surface area contributed by atoms with Gasteiger partial charge in [0.25, 0.3) is 0 Å². The van der Waals surface area contributed by atoms with Gasteiger partial charge in [-0.3, -0.25) is 9.59 Å². The third kappa shape index (κ3) is 5.37. The van der Waals surface area contributed by atoms with Crippen molar-refractivity contribution in [3.8, 4) is 0 Å². The number of rotatable bonds is 8. The predicted molar refractivity (Wildman–Crippen MR) is 53.7 cm³/mol. The second kappa shape index (κ2) is 7.23. The monoisotopic (exact) mass is 218 g/mol. The highest BCUT2D eigenvalue weighted by Crippen LogP contribution is 2.07. The highest BCUT2D eigenvalue weighted by Gasteiger charge is 2.18. The number of hydrogen-bond donors (Lipinski definition) is 2. The molecule has 0 aliphatic rings. The third-order valence-corrected chi connectivity index (χ3v) is 2.32. The number of carboxylic acids is 2.